The summed E-state index contributed by atoms with van der Waals surface area (Å²) in [7, 11) is 0. The molecule has 0 unspecified atom stereocenters. The molecule has 0 atom stereocenters. The van der Waals surface area contributed by atoms with Crippen molar-refractivity contribution in [2.75, 3.05) is 0 Å². The van der Waals surface area contributed by atoms with E-state index >= 15 is 0 Å². The Bertz CT molecular complexity index is 1300. The highest BCUT2D eigenvalue weighted by molar-refractivity contribution is 5.69. The standard InChI is InChI=1S/C22H20F2N4O.CH2O3/c1-13-8-20(29-12-17-18(23)4-3-5-19(17)24)22-26-14(2)21(27(22)10-13)15-9-25-28(11-15)16-6-7-16;2-1(3)4/h3-5,8-11,16H,6-7,12H2,1-2H3;(H2,2,3,4). The van der Waals surface area contributed by atoms with E-state index in [1.54, 1.807) is 0 Å². The van der Waals surface area contributed by atoms with Crippen LogP contribution in [0.3, 0.4) is 0 Å². The Morgan fingerprint density at radius 1 is 1.18 bits per heavy atom. The van der Waals surface area contributed by atoms with Gasteiger partial charge in [0.05, 0.1) is 29.2 Å². The molecule has 1 aliphatic rings. The van der Waals surface area contributed by atoms with Gasteiger partial charge < -0.3 is 14.9 Å². The zero-order valence-electron chi connectivity index (χ0n) is 18.0. The van der Waals surface area contributed by atoms with E-state index in [2.05, 4.69) is 10.1 Å². The van der Waals surface area contributed by atoms with Gasteiger partial charge in [0.1, 0.15) is 18.2 Å². The van der Waals surface area contributed by atoms with Crippen LogP contribution in [-0.2, 0) is 6.61 Å². The van der Waals surface area contributed by atoms with Gasteiger partial charge in [0, 0.05) is 18.0 Å². The number of aryl methyl sites for hydroxylation is 2. The average molecular weight is 456 g/mol. The molecule has 8 nitrogen and oxygen atoms in total. The van der Waals surface area contributed by atoms with E-state index in [1.807, 2.05) is 47.6 Å². The van der Waals surface area contributed by atoms with Crippen LogP contribution in [0.2, 0.25) is 0 Å². The number of nitrogens with zero attached hydrogens (tertiary/aromatic N) is 4. The summed E-state index contributed by atoms with van der Waals surface area (Å²) < 4.78 is 37.7. The van der Waals surface area contributed by atoms with E-state index in [0.29, 0.717) is 17.4 Å². The van der Waals surface area contributed by atoms with Gasteiger partial charge in [-0.05, 0) is 50.5 Å². The molecule has 5 rings (SSSR count). The number of aromatic nitrogens is 4. The molecule has 0 aliphatic heterocycles. The van der Waals surface area contributed by atoms with Crippen molar-refractivity contribution < 1.29 is 28.5 Å². The highest BCUT2D eigenvalue weighted by Gasteiger charge is 2.25. The first-order valence-electron chi connectivity index (χ1n) is 10.3. The first kappa shape index (κ1) is 22.3. The second-order valence-electron chi connectivity index (χ2n) is 7.83. The van der Waals surface area contributed by atoms with Crippen molar-refractivity contribution in [3.05, 3.63) is 71.3 Å². The quantitative estimate of drug-likeness (QED) is 0.426. The zero-order valence-corrected chi connectivity index (χ0v) is 18.0. The Morgan fingerprint density at radius 2 is 1.85 bits per heavy atom. The lowest BCUT2D eigenvalue weighted by Crippen LogP contribution is -2.03. The number of ether oxygens (including phenoxy) is 1. The van der Waals surface area contributed by atoms with Crippen molar-refractivity contribution in [1.82, 2.24) is 19.2 Å². The van der Waals surface area contributed by atoms with Gasteiger partial charge in [0.25, 0.3) is 0 Å². The Hall–Kier alpha value is -3.95. The third kappa shape index (κ3) is 4.79. The Kier molecular flexibility index (Phi) is 5.99. The van der Waals surface area contributed by atoms with E-state index < -0.39 is 17.8 Å². The Labute approximate surface area is 187 Å². The molecule has 0 bridgehead atoms. The summed E-state index contributed by atoms with van der Waals surface area (Å²) in [6.07, 6.45) is 6.38. The molecule has 1 aromatic carbocycles. The van der Waals surface area contributed by atoms with Crippen LogP contribution in [0.4, 0.5) is 13.6 Å². The van der Waals surface area contributed by atoms with Gasteiger partial charge in [-0.15, -0.1) is 0 Å². The van der Waals surface area contributed by atoms with Crippen LogP contribution in [0.1, 0.15) is 35.7 Å². The summed E-state index contributed by atoms with van der Waals surface area (Å²) in [5.41, 5.74) is 4.24. The van der Waals surface area contributed by atoms with E-state index in [4.69, 9.17) is 19.7 Å². The summed E-state index contributed by atoms with van der Waals surface area (Å²) in [6, 6.07) is 6.12. The monoisotopic (exact) mass is 456 g/mol. The van der Waals surface area contributed by atoms with Crippen LogP contribution >= 0.6 is 0 Å². The lowest BCUT2D eigenvalue weighted by atomic mass is 10.2. The van der Waals surface area contributed by atoms with Crippen molar-refractivity contribution in [1.29, 1.82) is 0 Å². The fraction of sp³-hybridized carbons (Fsp3) is 0.261. The van der Waals surface area contributed by atoms with Gasteiger partial charge in [0.15, 0.2) is 11.4 Å². The number of rotatable bonds is 5. The van der Waals surface area contributed by atoms with E-state index in [1.165, 1.54) is 18.2 Å². The molecule has 3 aromatic heterocycles. The normalized spacial score (nSPS) is 13.0. The summed E-state index contributed by atoms with van der Waals surface area (Å²) >= 11 is 0. The smallest absolute Gasteiger partial charge is 0.485 e. The minimum Gasteiger partial charge on any atom is -0.485 e. The van der Waals surface area contributed by atoms with Crippen LogP contribution in [-0.4, -0.2) is 35.5 Å². The molecule has 0 amide bonds. The molecule has 1 saturated carbocycles. The van der Waals surface area contributed by atoms with Gasteiger partial charge in [-0.1, -0.05) is 6.07 Å². The van der Waals surface area contributed by atoms with Crippen molar-refractivity contribution in [3.8, 4) is 17.0 Å². The molecular weight excluding hydrogens is 434 g/mol. The van der Waals surface area contributed by atoms with Crippen LogP contribution in [0.25, 0.3) is 16.9 Å². The minimum absolute atomic E-state index is 0.0960. The van der Waals surface area contributed by atoms with E-state index in [9.17, 15) is 8.78 Å². The maximum atomic E-state index is 14.0. The largest absolute Gasteiger partial charge is 0.503 e. The molecule has 172 valence electrons. The van der Waals surface area contributed by atoms with Crippen molar-refractivity contribution in [3.63, 3.8) is 0 Å². The SMILES string of the molecule is Cc1cc(OCc2c(F)cccc2F)c2nc(C)c(-c3cnn(C4CC4)c3)n2c1.O=C(O)O. The van der Waals surface area contributed by atoms with Gasteiger partial charge in [0.2, 0.25) is 0 Å². The second-order valence-corrected chi connectivity index (χ2v) is 7.83. The Balaban J connectivity index is 0.000000601. The number of carboxylic acid groups (broad SMARTS) is 2. The molecule has 1 aliphatic carbocycles. The summed E-state index contributed by atoms with van der Waals surface area (Å²) in [6.45, 7) is 3.67. The summed E-state index contributed by atoms with van der Waals surface area (Å²) in [4.78, 5) is 13.2. The van der Waals surface area contributed by atoms with Gasteiger partial charge in [-0.25, -0.2) is 18.6 Å². The van der Waals surface area contributed by atoms with Gasteiger partial charge in [-0.2, -0.15) is 5.10 Å². The second kappa shape index (κ2) is 8.89. The molecule has 3 heterocycles. The first-order valence-corrected chi connectivity index (χ1v) is 10.3. The van der Waals surface area contributed by atoms with Crippen LogP contribution in [0.5, 0.6) is 5.75 Å². The maximum Gasteiger partial charge on any atom is 0.503 e. The van der Waals surface area contributed by atoms with Gasteiger partial charge in [-0.3, -0.25) is 9.08 Å². The molecule has 4 aromatic rings. The molecule has 0 spiro atoms. The molecule has 10 heteroatoms. The summed E-state index contributed by atoms with van der Waals surface area (Å²) in [5, 5.41) is 18.4. The molecule has 0 saturated heterocycles. The molecule has 33 heavy (non-hydrogen) atoms. The first-order chi connectivity index (χ1) is 15.7. The summed E-state index contributed by atoms with van der Waals surface area (Å²) in [5.74, 6) is -0.765. The average Bonchev–Trinajstić information content (AvgIpc) is 3.38. The fourth-order valence-corrected chi connectivity index (χ4v) is 3.63. The Morgan fingerprint density at radius 3 is 2.48 bits per heavy atom. The fourth-order valence-electron chi connectivity index (χ4n) is 3.63. The van der Waals surface area contributed by atoms with Gasteiger partial charge >= 0.3 is 6.16 Å². The maximum absolute atomic E-state index is 14.0. The predicted molar refractivity (Wildman–Crippen MR) is 116 cm³/mol. The number of hydrogen-bond donors (Lipinski definition) is 2. The van der Waals surface area contributed by atoms with Crippen molar-refractivity contribution >= 4 is 11.8 Å². The van der Waals surface area contributed by atoms with Crippen molar-refractivity contribution in [2.45, 2.75) is 39.3 Å². The number of carbonyl (C=O) groups is 1. The third-order valence-electron chi connectivity index (χ3n) is 5.23. The number of benzene rings is 1. The molecular formula is C23H22F2N4O4. The number of pyridine rings is 1. The highest BCUT2D eigenvalue weighted by Crippen LogP contribution is 2.36. The molecule has 2 N–H and O–H groups in total. The van der Waals surface area contributed by atoms with Crippen LogP contribution < -0.4 is 4.74 Å². The van der Waals surface area contributed by atoms with Crippen LogP contribution in [0.15, 0.2) is 42.9 Å². The lowest BCUT2D eigenvalue weighted by Gasteiger charge is -2.11. The number of hydrogen-bond acceptors (Lipinski definition) is 4. The molecule has 1 fully saturated rings. The third-order valence-corrected chi connectivity index (χ3v) is 5.23. The minimum atomic E-state index is -1.83. The number of imidazole rings is 1. The molecule has 0 radical (unpaired) electrons. The highest BCUT2D eigenvalue weighted by atomic mass is 19.1. The number of halogens is 2. The van der Waals surface area contributed by atoms with E-state index in [-0.39, 0.29) is 12.2 Å². The predicted octanol–water partition coefficient (Wildman–Crippen LogP) is 5.23. The number of fused-ring (bicyclic) bond motifs is 1. The van der Waals surface area contributed by atoms with Crippen molar-refractivity contribution in [2.24, 2.45) is 0 Å². The lowest BCUT2D eigenvalue weighted by molar-refractivity contribution is 0.137. The van der Waals surface area contributed by atoms with E-state index in [0.717, 1.165) is 35.4 Å². The topological polar surface area (TPSA) is 102 Å². The van der Waals surface area contributed by atoms with Crippen LogP contribution in [0, 0.1) is 25.5 Å². The zero-order chi connectivity index (χ0) is 23.7.